The molecule has 17 heavy (non-hydrogen) atoms. The van der Waals surface area contributed by atoms with Gasteiger partial charge in [0.1, 0.15) is 0 Å². The van der Waals surface area contributed by atoms with E-state index in [1.165, 1.54) is 25.7 Å². The molecular weight excluding hydrogens is 210 g/mol. The first-order valence-electron chi connectivity index (χ1n) is 6.72. The van der Waals surface area contributed by atoms with E-state index in [9.17, 15) is 0 Å². The third-order valence-electron chi connectivity index (χ3n) is 4.48. The molecule has 0 radical (unpaired) electrons. The van der Waals surface area contributed by atoms with Crippen LogP contribution in [0.5, 0.6) is 0 Å². The molecule has 2 fully saturated rings. The van der Waals surface area contributed by atoms with Crippen molar-refractivity contribution in [2.24, 2.45) is 17.8 Å². The van der Waals surface area contributed by atoms with E-state index in [0.717, 1.165) is 35.7 Å². The lowest BCUT2D eigenvalue weighted by atomic mass is 9.89. The number of nitrogens with one attached hydrogen (secondary N) is 2. The molecule has 0 aliphatic heterocycles. The van der Waals surface area contributed by atoms with Crippen LogP contribution in [0.1, 0.15) is 25.7 Å². The molecule has 2 N–H and O–H groups in total. The third-order valence-corrected chi connectivity index (χ3v) is 4.48. The highest BCUT2D eigenvalue weighted by Gasteiger charge is 2.38. The molecule has 0 spiro atoms. The number of aromatic nitrogens is 1. The molecule has 2 aliphatic carbocycles. The van der Waals surface area contributed by atoms with Crippen LogP contribution in [0.2, 0.25) is 0 Å². The molecule has 1 aromatic heterocycles. The van der Waals surface area contributed by atoms with E-state index in [1.54, 1.807) is 0 Å². The van der Waals surface area contributed by atoms with E-state index < -0.39 is 0 Å². The van der Waals surface area contributed by atoms with Crippen molar-refractivity contribution in [1.29, 1.82) is 0 Å². The topological polar surface area (TPSA) is 37.0 Å². The Morgan fingerprint density at radius 3 is 2.82 bits per heavy atom. The van der Waals surface area contributed by atoms with Crippen molar-refractivity contribution in [3.05, 3.63) is 18.5 Å². The SMILES string of the molecule is CNc1cncc(NCC2CC3CCC2C3)c1. The van der Waals surface area contributed by atoms with Crippen molar-refractivity contribution in [1.82, 2.24) is 4.98 Å². The molecule has 2 aliphatic rings. The molecule has 3 unspecified atom stereocenters. The number of hydrogen-bond acceptors (Lipinski definition) is 3. The first kappa shape index (κ1) is 10.9. The lowest BCUT2D eigenvalue weighted by Gasteiger charge is -2.22. The predicted molar refractivity (Wildman–Crippen MR) is 71.2 cm³/mol. The van der Waals surface area contributed by atoms with E-state index in [-0.39, 0.29) is 0 Å². The normalized spacial score (nSPS) is 30.5. The summed E-state index contributed by atoms with van der Waals surface area (Å²) in [6, 6.07) is 2.13. The Hall–Kier alpha value is -1.25. The second-order valence-corrected chi connectivity index (χ2v) is 5.53. The molecule has 0 amide bonds. The Labute approximate surface area is 103 Å². The monoisotopic (exact) mass is 231 g/mol. The van der Waals surface area contributed by atoms with Gasteiger partial charge in [-0.2, -0.15) is 0 Å². The molecule has 0 aromatic carbocycles. The maximum atomic E-state index is 4.22. The minimum absolute atomic E-state index is 0.895. The van der Waals surface area contributed by atoms with Crippen LogP contribution in [0.25, 0.3) is 0 Å². The molecule has 3 nitrogen and oxygen atoms in total. The molecule has 3 rings (SSSR count). The average Bonchev–Trinajstić information content (AvgIpc) is 2.99. The molecular formula is C14H21N3. The van der Waals surface area contributed by atoms with Gasteiger partial charge in [-0.05, 0) is 43.1 Å². The summed E-state index contributed by atoms with van der Waals surface area (Å²) in [4.78, 5) is 4.22. The Kier molecular flexibility index (Phi) is 2.91. The van der Waals surface area contributed by atoms with E-state index in [2.05, 4.69) is 21.7 Å². The maximum absolute atomic E-state index is 4.22. The lowest BCUT2D eigenvalue weighted by molar-refractivity contribution is 0.348. The fraction of sp³-hybridized carbons (Fsp3) is 0.643. The molecule has 1 heterocycles. The van der Waals surface area contributed by atoms with E-state index >= 15 is 0 Å². The lowest BCUT2D eigenvalue weighted by Crippen LogP contribution is -2.20. The van der Waals surface area contributed by atoms with Gasteiger partial charge in [0, 0.05) is 13.6 Å². The quantitative estimate of drug-likeness (QED) is 0.836. The van der Waals surface area contributed by atoms with Crippen molar-refractivity contribution in [2.75, 3.05) is 24.2 Å². The summed E-state index contributed by atoms with van der Waals surface area (Å²) in [5.74, 6) is 2.92. The smallest absolute Gasteiger partial charge is 0.0547 e. The van der Waals surface area contributed by atoms with Crippen molar-refractivity contribution in [2.45, 2.75) is 25.7 Å². The van der Waals surface area contributed by atoms with Crippen LogP contribution in [-0.2, 0) is 0 Å². The van der Waals surface area contributed by atoms with E-state index in [4.69, 9.17) is 0 Å². The van der Waals surface area contributed by atoms with E-state index in [0.29, 0.717) is 0 Å². The Morgan fingerprint density at radius 2 is 2.12 bits per heavy atom. The summed E-state index contributed by atoms with van der Waals surface area (Å²) in [6.07, 6.45) is 9.64. The Morgan fingerprint density at radius 1 is 1.24 bits per heavy atom. The number of nitrogens with zero attached hydrogens (tertiary/aromatic N) is 1. The Balaban J connectivity index is 1.56. The van der Waals surface area contributed by atoms with Crippen molar-refractivity contribution >= 4 is 11.4 Å². The van der Waals surface area contributed by atoms with Crippen LogP contribution < -0.4 is 10.6 Å². The molecule has 0 saturated heterocycles. The fourth-order valence-electron chi connectivity index (χ4n) is 3.55. The average molecular weight is 231 g/mol. The zero-order valence-electron chi connectivity index (χ0n) is 10.4. The van der Waals surface area contributed by atoms with Gasteiger partial charge in [-0.25, -0.2) is 0 Å². The highest BCUT2D eigenvalue weighted by Crippen LogP contribution is 2.48. The van der Waals surface area contributed by atoms with Gasteiger partial charge >= 0.3 is 0 Å². The molecule has 3 heteroatoms. The van der Waals surface area contributed by atoms with Crippen molar-refractivity contribution in [3.63, 3.8) is 0 Å². The Bertz CT molecular complexity index is 391. The van der Waals surface area contributed by atoms with Crippen LogP contribution >= 0.6 is 0 Å². The second kappa shape index (κ2) is 4.55. The van der Waals surface area contributed by atoms with Gasteiger partial charge in [0.05, 0.1) is 23.8 Å². The van der Waals surface area contributed by atoms with Crippen LogP contribution in [0, 0.1) is 17.8 Å². The fourth-order valence-corrected chi connectivity index (χ4v) is 3.55. The maximum Gasteiger partial charge on any atom is 0.0547 e. The highest BCUT2D eigenvalue weighted by molar-refractivity contribution is 5.53. The van der Waals surface area contributed by atoms with Gasteiger partial charge in [0.25, 0.3) is 0 Å². The number of pyridine rings is 1. The summed E-state index contributed by atoms with van der Waals surface area (Å²) >= 11 is 0. The van der Waals surface area contributed by atoms with E-state index in [1.807, 2.05) is 19.4 Å². The first-order chi connectivity index (χ1) is 8.35. The van der Waals surface area contributed by atoms with Gasteiger partial charge in [-0.1, -0.05) is 6.42 Å². The summed E-state index contributed by atoms with van der Waals surface area (Å²) in [7, 11) is 1.93. The van der Waals surface area contributed by atoms with Gasteiger partial charge in [0.15, 0.2) is 0 Å². The zero-order valence-corrected chi connectivity index (χ0v) is 10.4. The van der Waals surface area contributed by atoms with Crippen LogP contribution in [0.4, 0.5) is 11.4 Å². The number of hydrogen-bond donors (Lipinski definition) is 2. The summed E-state index contributed by atoms with van der Waals surface area (Å²) < 4.78 is 0. The number of fused-ring (bicyclic) bond motifs is 2. The summed E-state index contributed by atoms with van der Waals surface area (Å²) in [6.45, 7) is 1.12. The van der Waals surface area contributed by atoms with Crippen molar-refractivity contribution < 1.29 is 0 Å². The van der Waals surface area contributed by atoms with Crippen molar-refractivity contribution in [3.8, 4) is 0 Å². The zero-order chi connectivity index (χ0) is 11.7. The minimum atomic E-state index is 0.895. The molecule has 3 atom stereocenters. The van der Waals surface area contributed by atoms with Gasteiger partial charge in [-0.15, -0.1) is 0 Å². The summed E-state index contributed by atoms with van der Waals surface area (Å²) in [5.41, 5.74) is 2.21. The minimum Gasteiger partial charge on any atom is -0.387 e. The second-order valence-electron chi connectivity index (χ2n) is 5.53. The standard InChI is InChI=1S/C14H21N3/c1-15-13-6-14(9-16-8-13)17-7-12-5-10-2-3-11(12)4-10/h6,8-12,15,17H,2-5,7H2,1H3. The molecule has 2 saturated carbocycles. The van der Waals surface area contributed by atoms with Gasteiger partial charge in [-0.3, -0.25) is 4.98 Å². The molecule has 92 valence electrons. The molecule has 2 bridgehead atoms. The van der Waals surface area contributed by atoms with Crippen LogP contribution in [0.3, 0.4) is 0 Å². The molecule has 1 aromatic rings. The van der Waals surface area contributed by atoms with Gasteiger partial charge < -0.3 is 10.6 Å². The third kappa shape index (κ3) is 2.24. The van der Waals surface area contributed by atoms with Crippen LogP contribution in [0.15, 0.2) is 18.5 Å². The highest BCUT2D eigenvalue weighted by atomic mass is 14.9. The number of anilines is 2. The van der Waals surface area contributed by atoms with Crippen LogP contribution in [-0.4, -0.2) is 18.6 Å². The first-order valence-corrected chi connectivity index (χ1v) is 6.72. The largest absolute Gasteiger partial charge is 0.387 e. The summed E-state index contributed by atoms with van der Waals surface area (Å²) in [5, 5.41) is 6.66. The predicted octanol–water partition coefficient (Wildman–Crippen LogP) is 2.97. The number of rotatable bonds is 4. The van der Waals surface area contributed by atoms with Gasteiger partial charge in [0.2, 0.25) is 0 Å².